The average molecular weight is 734 g/mol. The predicted octanol–water partition coefficient (Wildman–Crippen LogP) is 8.63. The van der Waals surface area contributed by atoms with Gasteiger partial charge in [0.15, 0.2) is 0 Å². The van der Waals surface area contributed by atoms with Crippen molar-refractivity contribution < 1.29 is 18.0 Å². The van der Waals surface area contributed by atoms with Gasteiger partial charge in [0.25, 0.3) is 15.9 Å². The molecule has 278 valence electrons. The van der Waals surface area contributed by atoms with Crippen LogP contribution in [0.4, 0.5) is 5.69 Å². The van der Waals surface area contributed by atoms with Gasteiger partial charge in [-0.15, -0.1) is 0 Å². The van der Waals surface area contributed by atoms with Gasteiger partial charge in [-0.3, -0.25) is 9.59 Å². The van der Waals surface area contributed by atoms with E-state index in [1.165, 1.54) is 31.4 Å². The molecule has 0 aliphatic heterocycles. The van der Waals surface area contributed by atoms with Crippen LogP contribution in [0.15, 0.2) is 102 Å². The van der Waals surface area contributed by atoms with Crippen molar-refractivity contribution in [1.82, 2.24) is 19.6 Å². The Kier molecular flexibility index (Phi) is 13.0. The molecule has 1 saturated carbocycles. The molecule has 0 atom stereocenters. The number of nitrogens with zero attached hydrogens (tertiary/aromatic N) is 2. The smallest absolute Gasteiger partial charge is 0.265 e. The zero-order valence-electron chi connectivity index (χ0n) is 30.7. The number of fused-ring (bicyclic) bond motifs is 1. The van der Waals surface area contributed by atoms with E-state index in [-0.39, 0.29) is 16.4 Å². The fourth-order valence-corrected chi connectivity index (χ4v) is 8.08. The van der Waals surface area contributed by atoms with Crippen molar-refractivity contribution in [3.63, 3.8) is 0 Å². The van der Waals surface area contributed by atoms with Gasteiger partial charge in [0.05, 0.1) is 15.9 Å². The van der Waals surface area contributed by atoms with Crippen molar-refractivity contribution in [2.45, 2.75) is 101 Å². The Bertz CT molecular complexity index is 2090. The lowest BCUT2D eigenvalue weighted by Gasteiger charge is -2.22. The Morgan fingerprint density at radius 3 is 2.36 bits per heavy atom. The van der Waals surface area contributed by atoms with Crippen molar-refractivity contribution in [2.24, 2.45) is 0 Å². The van der Waals surface area contributed by atoms with Crippen LogP contribution >= 0.6 is 0 Å². The van der Waals surface area contributed by atoms with Crippen molar-refractivity contribution in [3.05, 3.63) is 114 Å². The summed E-state index contributed by atoms with van der Waals surface area (Å²) < 4.78 is 30.3. The summed E-state index contributed by atoms with van der Waals surface area (Å²) in [5, 5.41) is 6.81. The van der Waals surface area contributed by atoms with Gasteiger partial charge >= 0.3 is 0 Å². The number of imidazole rings is 1. The lowest BCUT2D eigenvalue weighted by atomic mass is 9.95. The molecule has 4 aromatic carbocycles. The van der Waals surface area contributed by atoms with E-state index in [2.05, 4.69) is 57.2 Å². The third-order valence-electron chi connectivity index (χ3n) is 10.0. The number of anilines is 1. The van der Waals surface area contributed by atoms with Crippen LogP contribution in [0, 0.1) is 0 Å². The number of sulfonamides is 1. The van der Waals surface area contributed by atoms with Crippen LogP contribution in [0.2, 0.25) is 0 Å². The molecule has 0 bridgehead atoms. The Morgan fingerprint density at radius 1 is 0.830 bits per heavy atom. The standard InChI is InChI=1S/C43H51N5O4S/c1-2-3-21-41-46-39-28-27-35(44-29-14-6-11-22-42(49)45-34-15-7-4-8-16-34)30-40(39)48(41)31-32-23-25-33(26-24-32)37-19-12-13-20-38(37)43(50)47-53(51,52)36-17-9-5-10-18-36/h5,9-10,12-13,17-20,23-28,30,34,44H,2-4,6-8,11,14-16,21-22,29,31H2,1H3,(H,45,49)(H,47,50). The van der Waals surface area contributed by atoms with Gasteiger partial charge in [0.1, 0.15) is 5.82 Å². The molecule has 3 N–H and O–H groups in total. The third-order valence-corrected chi connectivity index (χ3v) is 11.4. The van der Waals surface area contributed by atoms with Gasteiger partial charge in [-0.1, -0.05) is 99.7 Å². The number of amides is 2. The minimum Gasteiger partial charge on any atom is -0.385 e. The summed E-state index contributed by atoms with van der Waals surface area (Å²) in [5.41, 5.74) is 5.92. The average Bonchev–Trinajstić information content (AvgIpc) is 3.52. The van der Waals surface area contributed by atoms with Gasteiger partial charge in [-0.2, -0.15) is 0 Å². The zero-order valence-corrected chi connectivity index (χ0v) is 31.5. The van der Waals surface area contributed by atoms with E-state index in [4.69, 9.17) is 4.98 Å². The molecule has 5 aromatic rings. The third kappa shape index (κ3) is 10.1. The number of benzene rings is 4. The van der Waals surface area contributed by atoms with Crippen LogP contribution in [0.1, 0.15) is 99.3 Å². The molecule has 1 aliphatic carbocycles. The Balaban J connectivity index is 1.10. The molecule has 1 aromatic heterocycles. The number of carbonyl (C=O) groups is 2. The van der Waals surface area contributed by atoms with E-state index >= 15 is 0 Å². The first-order valence-corrected chi connectivity index (χ1v) is 20.6. The second-order valence-corrected chi connectivity index (χ2v) is 15.7. The summed E-state index contributed by atoms with van der Waals surface area (Å²) in [6.07, 6.45) is 12.5. The first-order chi connectivity index (χ1) is 25.8. The molecule has 9 nitrogen and oxygen atoms in total. The minimum absolute atomic E-state index is 0.0329. The molecule has 1 aliphatic rings. The van der Waals surface area contributed by atoms with Crippen molar-refractivity contribution in [3.8, 4) is 11.1 Å². The summed E-state index contributed by atoms with van der Waals surface area (Å²) in [6, 6.07) is 29.7. The highest BCUT2D eigenvalue weighted by Crippen LogP contribution is 2.27. The highest BCUT2D eigenvalue weighted by atomic mass is 32.2. The second kappa shape index (κ2) is 18.2. The molecule has 0 saturated heterocycles. The normalized spacial score (nSPS) is 13.5. The van der Waals surface area contributed by atoms with E-state index in [1.54, 1.807) is 30.3 Å². The van der Waals surface area contributed by atoms with Crippen molar-refractivity contribution >= 4 is 38.6 Å². The monoisotopic (exact) mass is 733 g/mol. The number of hydrogen-bond acceptors (Lipinski definition) is 6. The van der Waals surface area contributed by atoms with Gasteiger partial charge < -0.3 is 15.2 Å². The van der Waals surface area contributed by atoms with E-state index in [0.29, 0.717) is 24.6 Å². The molecule has 0 radical (unpaired) electrons. The molecule has 10 heteroatoms. The quantitative estimate of drug-likeness (QED) is 0.0823. The number of unbranched alkanes of at least 4 members (excludes halogenated alkanes) is 3. The highest BCUT2D eigenvalue weighted by molar-refractivity contribution is 7.90. The van der Waals surface area contributed by atoms with E-state index in [0.717, 1.165) is 91.6 Å². The number of hydrogen-bond donors (Lipinski definition) is 3. The molecule has 2 amide bonds. The summed E-state index contributed by atoms with van der Waals surface area (Å²) in [5.74, 6) is 0.568. The number of nitrogens with one attached hydrogen (secondary N) is 3. The second-order valence-electron chi connectivity index (χ2n) is 14.1. The topological polar surface area (TPSA) is 122 Å². The molecule has 6 rings (SSSR count). The molecular weight excluding hydrogens is 683 g/mol. The largest absolute Gasteiger partial charge is 0.385 e. The Labute approximate surface area is 313 Å². The molecule has 1 heterocycles. The van der Waals surface area contributed by atoms with Crippen LogP contribution in [0.3, 0.4) is 0 Å². The van der Waals surface area contributed by atoms with Crippen LogP contribution in [0.25, 0.3) is 22.2 Å². The van der Waals surface area contributed by atoms with E-state index in [1.807, 2.05) is 24.3 Å². The van der Waals surface area contributed by atoms with Crippen LogP contribution in [-0.4, -0.2) is 42.4 Å². The SMILES string of the molecule is CCCCc1nc2ccc(NCCCCCC(=O)NC3CCCCC3)cc2n1Cc1ccc(-c2ccccc2C(=O)NS(=O)(=O)c2ccccc2)cc1. The Morgan fingerprint density at radius 2 is 1.58 bits per heavy atom. The summed E-state index contributed by atoms with van der Waals surface area (Å²) in [7, 11) is -4.02. The highest BCUT2D eigenvalue weighted by Gasteiger charge is 2.21. The molecular formula is C43H51N5O4S. The summed E-state index contributed by atoms with van der Waals surface area (Å²) >= 11 is 0. The maximum Gasteiger partial charge on any atom is 0.265 e. The number of carbonyl (C=O) groups excluding carboxylic acids is 2. The maximum absolute atomic E-state index is 13.3. The van der Waals surface area contributed by atoms with Gasteiger partial charge in [0, 0.05) is 43.2 Å². The van der Waals surface area contributed by atoms with Gasteiger partial charge in [-0.05, 0) is 85.2 Å². The Hall–Kier alpha value is -4.96. The van der Waals surface area contributed by atoms with Crippen molar-refractivity contribution in [1.29, 1.82) is 0 Å². The molecule has 53 heavy (non-hydrogen) atoms. The van der Waals surface area contributed by atoms with E-state index in [9.17, 15) is 18.0 Å². The fourth-order valence-electron chi connectivity index (χ4n) is 7.09. The minimum atomic E-state index is -4.02. The number of rotatable bonds is 17. The first-order valence-electron chi connectivity index (χ1n) is 19.1. The van der Waals surface area contributed by atoms with Crippen LogP contribution < -0.4 is 15.4 Å². The number of aryl methyl sites for hydroxylation is 1. The zero-order chi connectivity index (χ0) is 37.0. The van der Waals surface area contributed by atoms with Gasteiger partial charge in [0.2, 0.25) is 5.91 Å². The van der Waals surface area contributed by atoms with Crippen LogP contribution in [-0.2, 0) is 27.8 Å². The molecule has 0 spiro atoms. The number of aromatic nitrogens is 2. The first kappa shape index (κ1) is 37.8. The summed E-state index contributed by atoms with van der Waals surface area (Å²) in [4.78, 5) is 30.7. The van der Waals surface area contributed by atoms with Crippen molar-refractivity contribution in [2.75, 3.05) is 11.9 Å². The lowest BCUT2D eigenvalue weighted by molar-refractivity contribution is -0.122. The van der Waals surface area contributed by atoms with Crippen LogP contribution in [0.5, 0.6) is 0 Å². The summed E-state index contributed by atoms with van der Waals surface area (Å²) in [6.45, 7) is 3.66. The molecule has 1 fully saturated rings. The maximum atomic E-state index is 13.3. The fraction of sp³-hybridized carbons (Fsp3) is 0.372. The van der Waals surface area contributed by atoms with Gasteiger partial charge in [-0.25, -0.2) is 18.1 Å². The van der Waals surface area contributed by atoms with E-state index < -0.39 is 15.9 Å². The lowest BCUT2D eigenvalue weighted by Crippen LogP contribution is -2.35. The molecule has 0 unspecified atom stereocenters. The predicted molar refractivity (Wildman–Crippen MR) is 212 cm³/mol.